The zero-order chi connectivity index (χ0) is 19.6. The number of hydrogen-bond acceptors (Lipinski definition) is 3. The SMILES string of the molecule is Cc1cc(C(F)(F)F)nn1CC(=O)N1CCN(Cc2ccc(Cl)cc2)CC1. The van der Waals surface area contributed by atoms with Gasteiger partial charge in [-0.1, -0.05) is 23.7 Å². The number of aromatic nitrogens is 2. The number of rotatable bonds is 4. The summed E-state index contributed by atoms with van der Waals surface area (Å²) < 4.78 is 39.3. The Morgan fingerprint density at radius 1 is 1.15 bits per heavy atom. The molecule has 0 saturated carbocycles. The number of aryl methyl sites for hydroxylation is 1. The molecule has 0 N–H and O–H groups in total. The van der Waals surface area contributed by atoms with Gasteiger partial charge in [0.1, 0.15) is 6.54 Å². The van der Waals surface area contributed by atoms with E-state index in [-0.39, 0.29) is 12.5 Å². The van der Waals surface area contributed by atoms with E-state index in [1.54, 1.807) is 4.90 Å². The topological polar surface area (TPSA) is 41.4 Å². The van der Waals surface area contributed by atoms with Gasteiger partial charge in [0.25, 0.3) is 0 Å². The van der Waals surface area contributed by atoms with Crippen LogP contribution in [0.5, 0.6) is 0 Å². The van der Waals surface area contributed by atoms with Gasteiger partial charge in [-0.2, -0.15) is 18.3 Å². The molecule has 0 radical (unpaired) electrons. The van der Waals surface area contributed by atoms with E-state index in [0.717, 1.165) is 22.9 Å². The zero-order valence-corrected chi connectivity index (χ0v) is 15.6. The standard InChI is InChI=1S/C18H20ClF3N4O/c1-13-10-16(18(20,21)22)23-26(13)12-17(27)25-8-6-24(7-9-25)11-14-2-4-15(19)5-3-14/h2-5,10H,6-9,11-12H2,1H3. The highest BCUT2D eigenvalue weighted by molar-refractivity contribution is 6.30. The first-order chi connectivity index (χ1) is 12.7. The highest BCUT2D eigenvalue weighted by Crippen LogP contribution is 2.28. The Balaban J connectivity index is 1.53. The molecule has 27 heavy (non-hydrogen) atoms. The number of hydrogen-bond donors (Lipinski definition) is 0. The Morgan fingerprint density at radius 2 is 1.78 bits per heavy atom. The maximum Gasteiger partial charge on any atom is 0.435 e. The van der Waals surface area contributed by atoms with Crippen molar-refractivity contribution in [3.8, 4) is 0 Å². The minimum Gasteiger partial charge on any atom is -0.339 e. The number of amides is 1. The summed E-state index contributed by atoms with van der Waals surface area (Å²) in [6.07, 6.45) is -4.51. The van der Waals surface area contributed by atoms with Crippen LogP contribution < -0.4 is 0 Å². The normalized spacial score (nSPS) is 16.0. The van der Waals surface area contributed by atoms with Crippen molar-refractivity contribution in [2.45, 2.75) is 26.2 Å². The molecule has 1 aromatic heterocycles. The number of carbonyl (C=O) groups excluding carboxylic acids is 1. The maximum absolute atomic E-state index is 12.7. The average molecular weight is 401 g/mol. The average Bonchev–Trinajstić information content (AvgIpc) is 2.98. The third-order valence-electron chi connectivity index (χ3n) is 4.60. The molecule has 1 aliphatic heterocycles. The van der Waals surface area contributed by atoms with Gasteiger partial charge in [0, 0.05) is 43.4 Å². The molecule has 5 nitrogen and oxygen atoms in total. The molecule has 1 aliphatic rings. The van der Waals surface area contributed by atoms with Gasteiger partial charge in [-0.15, -0.1) is 0 Å². The molecular formula is C18H20ClF3N4O. The molecule has 2 aromatic rings. The fourth-order valence-electron chi connectivity index (χ4n) is 3.04. The number of alkyl halides is 3. The maximum atomic E-state index is 12.7. The number of piperazine rings is 1. The van der Waals surface area contributed by atoms with Crippen molar-refractivity contribution in [2.75, 3.05) is 26.2 Å². The molecule has 0 bridgehead atoms. The highest BCUT2D eigenvalue weighted by atomic mass is 35.5. The summed E-state index contributed by atoms with van der Waals surface area (Å²) in [5.41, 5.74) is 0.489. The minimum absolute atomic E-state index is 0.181. The van der Waals surface area contributed by atoms with Gasteiger partial charge in [0.05, 0.1) is 0 Å². The van der Waals surface area contributed by atoms with Gasteiger partial charge in [0.15, 0.2) is 5.69 Å². The lowest BCUT2D eigenvalue weighted by atomic mass is 10.2. The van der Waals surface area contributed by atoms with Crippen LogP contribution in [-0.2, 0) is 24.1 Å². The minimum atomic E-state index is -4.51. The van der Waals surface area contributed by atoms with E-state index in [2.05, 4.69) is 10.00 Å². The molecule has 1 saturated heterocycles. The van der Waals surface area contributed by atoms with Crippen LogP contribution in [0.2, 0.25) is 5.02 Å². The first-order valence-electron chi connectivity index (χ1n) is 8.58. The lowest BCUT2D eigenvalue weighted by molar-refractivity contribution is -0.142. The zero-order valence-electron chi connectivity index (χ0n) is 14.8. The molecule has 1 aromatic carbocycles. The van der Waals surface area contributed by atoms with E-state index in [1.807, 2.05) is 24.3 Å². The van der Waals surface area contributed by atoms with Crippen LogP contribution in [0.15, 0.2) is 30.3 Å². The van der Waals surface area contributed by atoms with Crippen LogP contribution in [0.25, 0.3) is 0 Å². The third kappa shape index (κ3) is 5.01. The second kappa shape index (κ2) is 7.90. The van der Waals surface area contributed by atoms with Crippen molar-refractivity contribution in [1.29, 1.82) is 0 Å². The fraction of sp³-hybridized carbons (Fsp3) is 0.444. The van der Waals surface area contributed by atoms with Gasteiger partial charge in [-0.3, -0.25) is 14.4 Å². The van der Waals surface area contributed by atoms with Crippen molar-refractivity contribution in [3.63, 3.8) is 0 Å². The molecule has 0 unspecified atom stereocenters. The number of carbonyl (C=O) groups is 1. The van der Waals surface area contributed by atoms with Crippen molar-refractivity contribution in [2.24, 2.45) is 0 Å². The summed E-state index contributed by atoms with van der Waals surface area (Å²) in [6, 6.07) is 8.59. The van der Waals surface area contributed by atoms with Crippen LogP contribution in [-0.4, -0.2) is 51.7 Å². The summed E-state index contributed by atoms with van der Waals surface area (Å²) in [7, 11) is 0. The van der Waals surface area contributed by atoms with Gasteiger partial charge >= 0.3 is 6.18 Å². The van der Waals surface area contributed by atoms with Crippen molar-refractivity contribution >= 4 is 17.5 Å². The summed E-state index contributed by atoms with van der Waals surface area (Å²) in [4.78, 5) is 16.3. The fourth-order valence-corrected chi connectivity index (χ4v) is 3.17. The van der Waals surface area contributed by atoms with Crippen LogP contribution >= 0.6 is 11.6 Å². The quantitative estimate of drug-likeness (QED) is 0.791. The largest absolute Gasteiger partial charge is 0.435 e. The molecule has 9 heteroatoms. The van der Waals surface area contributed by atoms with E-state index < -0.39 is 11.9 Å². The van der Waals surface area contributed by atoms with E-state index in [4.69, 9.17) is 11.6 Å². The summed E-state index contributed by atoms with van der Waals surface area (Å²) in [5.74, 6) is -0.221. The second-order valence-corrected chi connectivity index (χ2v) is 7.05. The molecule has 2 heterocycles. The number of halogens is 4. The molecule has 0 aliphatic carbocycles. The van der Waals surface area contributed by atoms with Crippen LogP contribution in [0, 0.1) is 6.92 Å². The van der Waals surface area contributed by atoms with Crippen molar-refractivity contribution in [3.05, 3.63) is 52.3 Å². The van der Waals surface area contributed by atoms with Crippen LogP contribution in [0.3, 0.4) is 0 Å². The molecule has 0 spiro atoms. The number of nitrogens with zero attached hydrogens (tertiary/aromatic N) is 4. The molecular weight excluding hydrogens is 381 g/mol. The first-order valence-corrected chi connectivity index (χ1v) is 8.96. The molecule has 3 rings (SSSR count). The molecule has 0 atom stereocenters. The summed E-state index contributed by atoms with van der Waals surface area (Å²) >= 11 is 5.89. The third-order valence-corrected chi connectivity index (χ3v) is 4.85. The van der Waals surface area contributed by atoms with Crippen LogP contribution in [0.1, 0.15) is 17.0 Å². The summed E-state index contributed by atoms with van der Waals surface area (Å²) in [5, 5.41) is 4.21. The van der Waals surface area contributed by atoms with Gasteiger partial charge in [-0.25, -0.2) is 0 Å². The first kappa shape index (κ1) is 19.7. The van der Waals surface area contributed by atoms with Gasteiger partial charge < -0.3 is 4.90 Å². The molecule has 146 valence electrons. The lowest BCUT2D eigenvalue weighted by Crippen LogP contribution is -2.49. The Morgan fingerprint density at radius 3 is 2.33 bits per heavy atom. The smallest absolute Gasteiger partial charge is 0.339 e. The van der Waals surface area contributed by atoms with E-state index in [9.17, 15) is 18.0 Å². The number of benzene rings is 1. The Hall–Kier alpha value is -2.06. The van der Waals surface area contributed by atoms with E-state index >= 15 is 0 Å². The monoisotopic (exact) mass is 400 g/mol. The van der Waals surface area contributed by atoms with Gasteiger partial charge in [0.2, 0.25) is 5.91 Å². The molecule has 1 fully saturated rings. The van der Waals surface area contributed by atoms with Crippen molar-refractivity contribution < 1.29 is 18.0 Å². The van der Waals surface area contributed by atoms with E-state index in [0.29, 0.717) is 36.9 Å². The summed E-state index contributed by atoms with van der Waals surface area (Å²) in [6.45, 7) is 4.60. The Kier molecular flexibility index (Phi) is 5.76. The predicted molar refractivity (Wildman–Crippen MR) is 95.3 cm³/mol. The van der Waals surface area contributed by atoms with Crippen molar-refractivity contribution in [1.82, 2.24) is 19.6 Å². The Labute approximate surface area is 160 Å². The van der Waals surface area contributed by atoms with Crippen LogP contribution in [0.4, 0.5) is 13.2 Å². The van der Waals surface area contributed by atoms with E-state index in [1.165, 1.54) is 6.92 Å². The Bertz CT molecular complexity index is 796. The second-order valence-electron chi connectivity index (χ2n) is 6.61. The predicted octanol–water partition coefficient (Wildman–Crippen LogP) is 3.21. The van der Waals surface area contributed by atoms with Gasteiger partial charge in [-0.05, 0) is 30.7 Å². The molecule has 1 amide bonds. The lowest BCUT2D eigenvalue weighted by Gasteiger charge is -2.34. The highest BCUT2D eigenvalue weighted by Gasteiger charge is 2.34.